The van der Waals surface area contributed by atoms with Gasteiger partial charge in [-0.1, -0.05) is 0 Å². The molecule has 1 rings (SSSR count). The molecule has 0 aromatic rings. The van der Waals surface area contributed by atoms with Crippen LogP contribution in [0.1, 0.15) is 19.8 Å². The molecule has 0 amide bonds. The van der Waals surface area contributed by atoms with Crippen LogP contribution in [0, 0.1) is 0 Å². The van der Waals surface area contributed by atoms with Crippen molar-refractivity contribution in [1.29, 1.82) is 0 Å². The highest BCUT2D eigenvalue weighted by Crippen LogP contribution is 2.28. The van der Waals surface area contributed by atoms with E-state index in [1.165, 1.54) is 7.11 Å². The Bertz CT molecular complexity index is 208. The number of rotatable bonds is 2. The van der Waals surface area contributed by atoms with E-state index in [9.17, 15) is 4.79 Å². The maximum atomic E-state index is 11.1. The second-order valence-electron chi connectivity index (χ2n) is 3.89. The molecule has 1 fully saturated rings. The lowest BCUT2D eigenvalue weighted by Crippen LogP contribution is -2.50. The summed E-state index contributed by atoms with van der Waals surface area (Å²) in [5, 5.41) is 0. The van der Waals surface area contributed by atoms with Crippen LogP contribution in [0.15, 0.2) is 0 Å². The van der Waals surface area contributed by atoms with Crippen LogP contribution in [0.5, 0.6) is 0 Å². The SMILES string of the molecule is COC(=O)CC1(N)CCN(C)C1C. The summed E-state index contributed by atoms with van der Waals surface area (Å²) < 4.78 is 4.62. The van der Waals surface area contributed by atoms with Crippen molar-refractivity contribution >= 4 is 5.97 Å². The fraction of sp³-hybridized carbons (Fsp3) is 0.889. The highest BCUT2D eigenvalue weighted by atomic mass is 16.5. The van der Waals surface area contributed by atoms with Crippen molar-refractivity contribution in [2.24, 2.45) is 5.73 Å². The van der Waals surface area contributed by atoms with Gasteiger partial charge < -0.3 is 15.4 Å². The van der Waals surface area contributed by atoms with Gasteiger partial charge in [0, 0.05) is 18.1 Å². The Hall–Kier alpha value is -0.610. The smallest absolute Gasteiger partial charge is 0.307 e. The summed E-state index contributed by atoms with van der Waals surface area (Å²) in [4.78, 5) is 13.3. The molecular weight excluding hydrogens is 168 g/mol. The van der Waals surface area contributed by atoms with Crippen LogP contribution in [0.3, 0.4) is 0 Å². The molecule has 2 atom stereocenters. The molecule has 4 heteroatoms. The van der Waals surface area contributed by atoms with E-state index in [0.717, 1.165) is 13.0 Å². The van der Waals surface area contributed by atoms with Gasteiger partial charge in [-0.15, -0.1) is 0 Å². The van der Waals surface area contributed by atoms with Gasteiger partial charge in [-0.2, -0.15) is 0 Å². The van der Waals surface area contributed by atoms with Crippen molar-refractivity contribution in [3.8, 4) is 0 Å². The Labute approximate surface area is 79.0 Å². The topological polar surface area (TPSA) is 55.6 Å². The number of esters is 1. The van der Waals surface area contributed by atoms with Crippen LogP contribution >= 0.6 is 0 Å². The summed E-state index contributed by atoms with van der Waals surface area (Å²) in [5.41, 5.74) is 5.73. The second kappa shape index (κ2) is 3.64. The van der Waals surface area contributed by atoms with E-state index in [1.807, 2.05) is 7.05 Å². The third-order valence-corrected chi connectivity index (χ3v) is 3.12. The largest absolute Gasteiger partial charge is 0.469 e. The molecule has 1 saturated heterocycles. The molecule has 1 heterocycles. The lowest BCUT2D eigenvalue weighted by atomic mass is 9.89. The third-order valence-electron chi connectivity index (χ3n) is 3.12. The molecule has 0 aromatic carbocycles. The zero-order chi connectivity index (χ0) is 10.1. The Kier molecular flexibility index (Phi) is 2.93. The summed E-state index contributed by atoms with van der Waals surface area (Å²) in [5.74, 6) is -0.218. The van der Waals surface area contributed by atoms with Gasteiger partial charge in [0.25, 0.3) is 0 Å². The van der Waals surface area contributed by atoms with Gasteiger partial charge in [0.15, 0.2) is 0 Å². The van der Waals surface area contributed by atoms with Crippen LogP contribution in [0.2, 0.25) is 0 Å². The first-order valence-corrected chi connectivity index (χ1v) is 4.55. The van der Waals surface area contributed by atoms with Crippen LogP contribution in [-0.2, 0) is 9.53 Å². The molecule has 1 aliphatic heterocycles. The van der Waals surface area contributed by atoms with Crippen LogP contribution in [-0.4, -0.2) is 43.2 Å². The van der Waals surface area contributed by atoms with Crippen molar-refractivity contribution < 1.29 is 9.53 Å². The molecule has 2 unspecified atom stereocenters. The average molecular weight is 186 g/mol. The van der Waals surface area contributed by atoms with Crippen LogP contribution in [0.4, 0.5) is 0 Å². The number of methoxy groups -OCH3 is 1. The van der Waals surface area contributed by atoms with Gasteiger partial charge in [-0.3, -0.25) is 4.79 Å². The van der Waals surface area contributed by atoms with Crippen molar-refractivity contribution in [3.05, 3.63) is 0 Å². The minimum atomic E-state index is -0.401. The lowest BCUT2D eigenvalue weighted by Gasteiger charge is -2.29. The number of hydrogen-bond donors (Lipinski definition) is 1. The van der Waals surface area contributed by atoms with Gasteiger partial charge in [-0.05, 0) is 20.4 Å². The molecule has 2 N–H and O–H groups in total. The Morgan fingerprint density at radius 1 is 1.77 bits per heavy atom. The van der Waals surface area contributed by atoms with E-state index in [-0.39, 0.29) is 12.0 Å². The zero-order valence-electron chi connectivity index (χ0n) is 8.54. The Balaban J connectivity index is 2.61. The molecule has 4 nitrogen and oxygen atoms in total. The Morgan fingerprint density at radius 3 is 2.77 bits per heavy atom. The number of likely N-dealkylation sites (N-methyl/N-ethyl adjacent to an activating group) is 1. The second-order valence-corrected chi connectivity index (χ2v) is 3.89. The molecule has 0 bridgehead atoms. The standard InChI is InChI=1S/C9H18N2O2/c1-7-9(10,4-5-11(7)2)6-8(12)13-3/h7H,4-6,10H2,1-3H3. The number of nitrogens with zero attached hydrogens (tertiary/aromatic N) is 1. The quantitative estimate of drug-likeness (QED) is 0.615. The van der Waals surface area contributed by atoms with Crippen molar-refractivity contribution in [1.82, 2.24) is 4.90 Å². The maximum Gasteiger partial charge on any atom is 0.307 e. The first-order valence-electron chi connectivity index (χ1n) is 4.55. The average Bonchev–Trinajstić information content (AvgIpc) is 2.34. The Morgan fingerprint density at radius 2 is 2.38 bits per heavy atom. The summed E-state index contributed by atoms with van der Waals surface area (Å²) in [6, 6.07) is 0.242. The predicted octanol–water partition coefficient (Wildman–Crippen LogP) is -0.0290. The zero-order valence-corrected chi connectivity index (χ0v) is 8.54. The van der Waals surface area contributed by atoms with Gasteiger partial charge in [-0.25, -0.2) is 0 Å². The highest BCUT2D eigenvalue weighted by Gasteiger charge is 2.41. The monoisotopic (exact) mass is 186 g/mol. The molecule has 0 saturated carbocycles. The lowest BCUT2D eigenvalue weighted by molar-refractivity contribution is -0.142. The first kappa shape index (κ1) is 10.5. The number of ether oxygens (including phenoxy) is 1. The number of carbonyl (C=O) groups is 1. The van der Waals surface area contributed by atoms with E-state index >= 15 is 0 Å². The number of nitrogens with two attached hydrogens (primary N) is 1. The molecule has 1 aliphatic rings. The van der Waals surface area contributed by atoms with Gasteiger partial charge in [0.05, 0.1) is 13.5 Å². The van der Waals surface area contributed by atoms with E-state index in [1.54, 1.807) is 0 Å². The minimum Gasteiger partial charge on any atom is -0.469 e. The summed E-state index contributed by atoms with van der Waals surface area (Å²) in [6.45, 7) is 3.00. The van der Waals surface area contributed by atoms with E-state index < -0.39 is 5.54 Å². The number of hydrogen-bond acceptors (Lipinski definition) is 4. The van der Waals surface area contributed by atoms with E-state index in [4.69, 9.17) is 5.73 Å². The molecule has 0 aromatic heterocycles. The fourth-order valence-corrected chi connectivity index (χ4v) is 1.80. The number of carbonyl (C=O) groups excluding carboxylic acids is 1. The summed E-state index contributed by atoms with van der Waals surface area (Å²) >= 11 is 0. The molecule has 13 heavy (non-hydrogen) atoms. The van der Waals surface area contributed by atoms with Gasteiger partial charge in [0.1, 0.15) is 0 Å². The molecule has 0 aliphatic carbocycles. The van der Waals surface area contributed by atoms with Crippen molar-refractivity contribution in [2.45, 2.75) is 31.3 Å². The van der Waals surface area contributed by atoms with E-state index in [0.29, 0.717) is 6.42 Å². The molecule has 0 radical (unpaired) electrons. The van der Waals surface area contributed by atoms with E-state index in [2.05, 4.69) is 16.6 Å². The number of likely N-dealkylation sites (tertiary alicyclic amines) is 1. The minimum absolute atomic E-state index is 0.218. The predicted molar refractivity (Wildman–Crippen MR) is 50.3 cm³/mol. The molecule has 76 valence electrons. The third kappa shape index (κ3) is 2.00. The summed E-state index contributed by atoms with van der Waals surface area (Å²) in [7, 11) is 3.42. The first-order chi connectivity index (χ1) is 5.99. The van der Waals surface area contributed by atoms with Gasteiger partial charge >= 0.3 is 5.97 Å². The molecule has 0 spiro atoms. The van der Waals surface area contributed by atoms with Crippen molar-refractivity contribution in [3.63, 3.8) is 0 Å². The maximum absolute atomic E-state index is 11.1. The molecular formula is C9H18N2O2. The summed E-state index contributed by atoms with van der Waals surface area (Å²) in [6.07, 6.45) is 1.18. The van der Waals surface area contributed by atoms with Crippen LogP contribution in [0.25, 0.3) is 0 Å². The van der Waals surface area contributed by atoms with Crippen molar-refractivity contribution in [2.75, 3.05) is 20.7 Å². The highest BCUT2D eigenvalue weighted by molar-refractivity contribution is 5.71. The normalized spacial score (nSPS) is 34.9. The van der Waals surface area contributed by atoms with Gasteiger partial charge in [0.2, 0.25) is 0 Å². The van der Waals surface area contributed by atoms with Crippen LogP contribution < -0.4 is 5.73 Å². The fourth-order valence-electron chi connectivity index (χ4n) is 1.80.